The molecular weight excluding hydrogens is 344 g/mol. The van der Waals surface area contributed by atoms with Crippen LogP contribution in [0.15, 0.2) is 24.3 Å². The molecule has 0 N–H and O–H groups in total. The second-order valence-corrected chi connectivity index (χ2v) is 6.83. The zero-order valence-electron chi connectivity index (χ0n) is 15.8. The lowest BCUT2D eigenvalue weighted by molar-refractivity contribution is 0.0732. The van der Waals surface area contributed by atoms with E-state index in [9.17, 15) is 4.79 Å². The van der Waals surface area contributed by atoms with Gasteiger partial charge in [-0.1, -0.05) is 6.07 Å². The molecule has 0 unspecified atom stereocenters. The number of nitrogens with zero attached hydrogens (tertiary/aromatic N) is 4. The second kappa shape index (κ2) is 7.52. The molecule has 1 aromatic carbocycles. The quantitative estimate of drug-likeness (QED) is 0.823. The van der Waals surface area contributed by atoms with Gasteiger partial charge in [0.15, 0.2) is 0 Å². The number of aryl methyl sites for hydroxylation is 1. The van der Waals surface area contributed by atoms with Gasteiger partial charge in [0.05, 0.1) is 32.6 Å². The summed E-state index contributed by atoms with van der Waals surface area (Å²) >= 11 is 0. The standard InChI is InChI=1S/C20H24N4O3/c1-14-21-18-6-7-24(20(25)15-4-3-5-16(12-15)26-2)13-17(18)19(22-14)23-8-10-27-11-9-23/h3-5,12H,6-11,13H2,1-2H3. The van der Waals surface area contributed by atoms with Crippen molar-refractivity contribution in [2.24, 2.45) is 0 Å². The van der Waals surface area contributed by atoms with Crippen molar-refractivity contribution in [3.8, 4) is 5.75 Å². The number of hydrogen-bond acceptors (Lipinski definition) is 6. The fraction of sp³-hybridized carbons (Fsp3) is 0.450. The van der Waals surface area contributed by atoms with Gasteiger partial charge in [0.25, 0.3) is 5.91 Å². The molecule has 0 aliphatic carbocycles. The fourth-order valence-corrected chi connectivity index (χ4v) is 3.67. The van der Waals surface area contributed by atoms with Crippen molar-refractivity contribution in [2.45, 2.75) is 19.9 Å². The summed E-state index contributed by atoms with van der Waals surface area (Å²) in [5.41, 5.74) is 2.75. The Hall–Kier alpha value is -2.67. The lowest BCUT2D eigenvalue weighted by atomic mass is 10.0. The Morgan fingerprint density at radius 2 is 2.00 bits per heavy atom. The molecule has 4 rings (SSSR count). The fourth-order valence-electron chi connectivity index (χ4n) is 3.67. The summed E-state index contributed by atoms with van der Waals surface area (Å²) in [5.74, 6) is 2.42. The van der Waals surface area contributed by atoms with E-state index in [1.54, 1.807) is 13.2 Å². The number of hydrogen-bond donors (Lipinski definition) is 0. The van der Waals surface area contributed by atoms with Crippen LogP contribution >= 0.6 is 0 Å². The average molecular weight is 368 g/mol. The van der Waals surface area contributed by atoms with E-state index in [2.05, 4.69) is 9.88 Å². The van der Waals surface area contributed by atoms with E-state index in [4.69, 9.17) is 14.5 Å². The van der Waals surface area contributed by atoms with Crippen molar-refractivity contribution in [1.29, 1.82) is 0 Å². The molecular formula is C20H24N4O3. The Kier molecular flexibility index (Phi) is 4.94. The highest BCUT2D eigenvalue weighted by molar-refractivity contribution is 5.94. The number of methoxy groups -OCH3 is 1. The normalized spacial score (nSPS) is 16.8. The van der Waals surface area contributed by atoms with Gasteiger partial charge in [-0.15, -0.1) is 0 Å². The molecule has 2 aliphatic heterocycles. The van der Waals surface area contributed by atoms with Crippen LogP contribution in [0.2, 0.25) is 0 Å². The van der Waals surface area contributed by atoms with Crippen LogP contribution in [-0.2, 0) is 17.7 Å². The summed E-state index contributed by atoms with van der Waals surface area (Å²) in [4.78, 5) is 26.5. The van der Waals surface area contributed by atoms with Crippen LogP contribution in [-0.4, -0.2) is 60.7 Å². The topological polar surface area (TPSA) is 67.8 Å². The van der Waals surface area contributed by atoms with E-state index in [0.29, 0.717) is 37.6 Å². The molecule has 0 radical (unpaired) electrons. The number of benzene rings is 1. The van der Waals surface area contributed by atoms with E-state index in [1.165, 1.54) is 0 Å². The van der Waals surface area contributed by atoms with Crippen LogP contribution in [0.4, 0.5) is 5.82 Å². The molecule has 1 amide bonds. The number of ether oxygens (including phenoxy) is 2. The van der Waals surface area contributed by atoms with Crippen LogP contribution in [0.25, 0.3) is 0 Å². The zero-order chi connectivity index (χ0) is 18.8. The molecule has 7 heteroatoms. The molecule has 2 aliphatic rings. The third-order valence-electron chi connectivity index (χ3n) is 5.06. The number of anilines is 1. The number of morpholine rings is 1. The number of aromatic nitrogens is 2. The van der Waals surface area contributed by atoms with Crippen molar-refractivity contribution in [3.05, 3.63) is 46.9 Å². The van der Waals surface area contributed by atoms with Crippen molar-refractivity contribution in [3.63, 3.8) is 0 Å². The van der Waals surface area contributed by atoms with Gasteiger partial charge < -0.3 is 19.3 Å². The number of fused-ring (bicyclic) bond motifs is 1. The molecule has 2 aromatic rings. The van der Waals surface area contributed by atoms with Gasteiger partial charge in [-0.25, -0.2) is 9.97 Å². The molecule has 1 aromatic heterocycles. The van der Waals surface area contributed by atoms with Crippen LogP contribution in [0.5, 0.6) is 5.75 Å². The third kappa shape index (κ3) is 3.60. The largest absolute Gasteiger partial charge is 0.497 e. The molecule has 0 spiro atoms. The summed E-state index contributed by atoms with van der Waals surface area (Å²) in [5, 5.41) is 0. The molecule has 3 heterocycles. The van der Waals surface area contributed by atoms with Gasteiger partial charge >= 0.3 is 0 Å². The number of rotatable bonds is 3. The predicted molar refractivity (Wildman–Crippen MR) is 101 cm³/mol. The Labute approximate surface area is 158 Å². The first-order chi connectivity index (χ1) is 13.2. The first-order valence-electron chi connectivity index (χ1n) is 9.28. The van der Waals surface area contributed by atoms with E-state index < -0.39 is 0 Å². The summed E-state index contributed by atoms with van der Waals surface area (Å²) < 4.78 is 10.7. The van der Waals surface area contributed by atoms with E-state index >= 15 is 0 Å². The minimum absolute atomic E-state index is 0.00746. The molecule has 142 valence electrons. The summed E-state index contributed by atoms with van der Waals surface area (Å²) in [6.07, 6.45) is 0.742. The second-order valence-electron chi connectivity index (χ2n) is 6.83. The number of carbonyl (C=O) groups excluding carboxylic acids is 1. The first-order valence-corrected chi connectivity index (χ1v) is 9.28. The summed E-state index contributed by atoms with van der Waals surface area (Å²) in [6.45, 7) is 6.13. The maximum absolute atomic E-state index is 13.0. The number of amides is 1. The zero-order valence-corrected chi connectivity index (χ0v) is 15.8. The van der Waals surface area contributed by atoms with Crippen molar-refractivity contribution >= 4 is 11.7 Å². The average Bonchev–Trinajstić information content (AvgIpc) is 2.73. The molecule has 0 bridgehead atoms. The Bertz CT molecular complexity index is 849. The monoisotopic (exact) mass is 368 g/mol. The van der Waals surface area contributed by atoms with E-state index in [0.717, 1.165) is 42.4 Å². The van der Waals surface area contributed by atoms with Crippen molar-refractivity contribution < 1.29 is 14.3 Å². The molecule has 7 nitrogen and oxygen atoms in total. The van der Waals surface area contributed by atoms with Crippen LogP contribution < -0.4 is 9.64 Å². The molecule has 1 fully saturated rings. The minimum atomic E-state index is 0.00746. The van der Waals surface area contributed by atoms with Gasteiger partial charge in [0.1, 0.15) is 17.4 Å². The van der Waals surface area contributed by atoms with E-state index in [1.807, 2.05) is 30.0 Å². The number of carbonyl (C=O) groups is 1. The maximum Gasteiger partial charge on any atom is 0.254 e. The Morgan fingerprint density at radius 3 is 2.78 bits per heavy atom. The smallest absolute Gasteiger partial charge is 0.254 e. The predicted octanol–water partition coefficient (Wildman–Crippen LogP) is 1.83. The molecule has 0 atom stereocenters. The lowest BCUT2D eigenvalue weighted by Crippen LogP contribution is -2.41. The summed E-state index contributed by atoms with van der Waals surface area (Å²) in [7, 11) is 1.61. The van der Waals surface area contributed by atoms with Crippen LogP contribution in [0, 0.1) is 6.92 Å². The van der Waals surface area contributed by atoms with Crippen LogP contribution in [0.3, 0.4) is 0 Å². The van der Waals surface area contributed by atoms with Gasteiger partial charge in [-0.2, -0.15) is 0 Å². The van der Waals surface area contributed by atoms with Gasteiger partial charge in [0, 0.05) is 37.2 Å². The molecule has 1 saturated heterocycles. The lowest BCUT2D eigenvalue weighted by Gasteiger charge is -2.34. The van der Waals surface area contributed by atoms with Crippen molar-refractivity contribution in [1.82, 2.24) is 14.9 Å². The maximum atomic E-state index is 13.0. The highest BCUT2D eigenvalue weighted by atomic mass is 16.5. The summed E-state index contributed by atoms with van der Waals surface area (Å²) in [6, 6.07) is 7.30. The molecule has 0 saturated carbocycles. The van der Waals surface area contributed by atoms with Gasteiger partial charge in [-0.05, 0) is 25.1 Å². The highest BCUT2D eigenvalue weighted by Crippen LogP contribution is 2.28. The first kappa shape index (κ1) is 17.7. The SMILES string of the molecule is COc1cccc(C(=O)N2CCc3nc(C)nc(N4CCOCC4)c3C2)c1. The van der Waals surface area contributed by atoms with E-state index in [-0.39, 0.29) is 5.91 Å². The van der Waals surface area contributed by atoms with Crippen molar-refractivity contribution in [2.75, 3.05) is 44.9 Å². The third-order valence-corrected chi connectivity index (χ3v) is 5.06. The highest BCUT2D eigenvalue weighted by Gasteiger charge is 2.28. The van der Waals surface area contributed by atoms with Gasteiger partial charge in [-0.3, -0.25) is 4.79 Å². The Balaban J connectivity index is 1.62. The van der Waals surface area contributed by atoms with Gasteiger partial charge in [0.2, 0.25) is 0 Å². The minimum Gasteiger partial charge on any atom is -0.497 e. The Morgan fingerprint density at radius 1 is 1.19 bits per heavy atom. The van der Waals surface area contributed by atoms with Crippen LogP contribution in [0.1, 0.15) is 27.4 Å². The molecule has 27 heavy (non-hydrogen) atoms.